The third-order valence-corrected chi connectivity index (χ3v) is 3.76. The minimum Gasteiger partial charge on any atom is -0.380 e. The molecule has 0 fully saturated rings. The maximum Gasteiger partial charge on any atom is 0.0766 e. The van der Waals surface area contributed by atoms with Gasteiger partial charge in [-0.05, 0) is 43.5 Å². The third kappa shape index (κ3) is 4.56. The van der Waals surface area contributed by atoms with Crippen LogP contribution in [0.4, 0.5) is 0 Å². The molecular weight excluding hydrogens is 308 g/mol. The molecule has 2 unspecified atom stereocenters. The first kappa shape index (κ1) is 16.6. The average molecular weight is 333 g/mol. The maximum absolute atomic E-state index is 5.49. The molecule has 0 aromatic carbocycles. The molecule has 1 N–H and O–H groups in total. The Morgan fingerprint density at radius 3 is 2.74 bits per heavy atom. The standard InChI is InChI=1S/C13H25BrN4O/c1-6-15-12(10(2)19-5)13-11(14)9-16-18(13)8-7-17(3)4/h9-10,12,15H,6-8H2,1-5H3. The van der Waals surface area contributed by atoms with Crippen LogP contribution in [-0.4, -0.2) is 55.1 Å². The lowest BCUT2D eigenvalue weighted by Gasteiger charge is -2.25. The van der Waals surface area contributed by atoms with Crippen molar-refractivity contribution in [3.8, 4) is 0 Å². The second-order valence-corrected chi connectivity index (χ2v) is 5.73. The molecule has 0 aliphatic heterocycles. The molecule has 1 aromatic heterocycles. The van der Waals surface area contributed by atoms with Gasteiger partial charge in [-0.25, -0.2) is 0 Å². The molecule has 5 nitrogen and oxygen atoms in total. The number of ether oxygens (including phenoxy) is 1. The van der Waals surface area contributed by atoms with Gasteiger partial charge in [-0.15, -0.1) is 0 Å². The van der Waals surface area contributed by atoms with E-state index in [1.54, 1.807) is 7.11 Å². The highest BCUT2D eigenvalue weighted by Gasteiger charge is 2.24. The summed E-state index contributed by atoms with van der Waals surface area (Å²) in [7, 11) is 5.87. The molecule has 0 radical (unpaired) electrons. The number of aromatic nitrogens is 2. The number of nitrogens with one attached hydrogen (secondary N) is 1. The van der Waals surface area contributed by atoms with E-state index in [0.29, 0.717) is 0 Å². The zero-order valence-corrected chi connectivity index (χ0v) is 14.1. The molecule has 2 atom stereocenters. The fourth-order valence-electron chi connectivity index (χ4n) is 1.99. The molecule has 0 saturated carbocycles. The van der Waals surface area contributed by atoms with Crippen molar-refractivity contribution in [2.75, 3.05) is 34.3 Å². The van der Waals surface area contributed by atoms with Crippen LogP contribution in [0.1, 0.15) is 25.6 Å². The predicted molar refractivity (Wildman–Crippen MR) is 81.4 cm³/mol. The molecule has 0 amide bonds. The van der Waals surface area contributed by atoms with Crippen molar-refractivity contribution < 1.29 is 4.74 Å². The van der Waals surface area contributed by atoms with Crippen molar-refractivity contribution in [3.05, 3.63) is 16.4 Å². The molecular formula is C13H25BrN4O. The quantitative estimate of drug-likeness (QED) is 0.789. The molecule has 1 aromatic rings. The molecule has 19 heavy (non-hydrogen) atoms. The van der Waals surface area contributed by atoms with Crippen LogP contribution in [0.25, 0.3) is 0 Å². The largest absolute Gasteiger partial charge is 0.380 e. The predicted octanol–water partition coefficient (Wildman–Crippen LogP) is 1.89. The highest BCUT2D eigenvalue weighted by molar-refractivity contribution is 9.10. The van der Waals surface area contributed by atoms with Crippen LogP contribution in [0.15, 0.2) is 10.7 Å². The highest BCUT2D eigenvalue weighted by atomic mass is 79.9. The maximum atomic E-state index is 5.49. The van der Waals surface area contributed by atoms with Crippen LogP contribution >= 0.6 is 15.9 Å². The zero-order valence-electron chi connectivity index (χ0n) is 12.5. The van der Waals surface area contributed by atoms with E-state index in [1.807, 2.05) is 10.9 Å². The van der Waals surface area contributed by atoms with E-state index in [1.165, 1.54) is 0 Å². The van der Waals surface area contributed by atoms with Crippen LogP contribution < -0.4 is 5.32 Å². The number of nitrogens with zero attached hydrogens (tertiary/aromatic N) is 3. The van der Waals surface area contributed by atoms with E-state index in [0.717, 1.165) is 29.8 Å². The zero-order chi connectivity index (χ0) is 14.4. The first-order valence-electron chi connectivity index (χ1n) is 6.63. The Balaban J connectivity index is 2.96. The van der Waals surface area contributed by atoms with Gasteiger partial charge in [0.2, 0.25) is 0 Å². The first-order valence-corrected chi connectivity index (χ1v) is 7.42. The van der Waals surface area contributed by atoms with Gasteiger partial charge in [0.25, 0.3) is 0 Å². The Kier molecular flexibility index (Phi) is 6.99. The summed E-state index contributed by atoms with van der Waals surface area (Å²) in [6.07, 6.45) is 1.95. The minimum absolute atomic E-state index is 0.0889. The molecule has 0 spiro atoms. The van der Waals surface area contributed by atoms with Crippen LogP contribution in [0.2, 0.25) is 0 Å². The number of hydrogen-bond donors (Lipinski definition) is 1. The van der Waals surface area contributed by atoms with Gasteiger partial charge in [-0.2, -0.15) is 5.10 Å². The number of likely N-dealkylation sites (N-methyl/N-ethyl adjacent to an activating group) is 2. The first-order chi connectivity index (χ1) is 9.01. The number of methoxy groups -OCH3 is 1. The van der Waals surface area contributed by atoms with Gasteiger partial charge in [0.05, 0.1) is 35.1 Å². The normalized spacial score (nSPS) is 14.9. The van der Waals surface area contributed by atoms with Gasteiger partial charge < -0.3 is 15.0 Å². The van der Waals surface area contributed by atoms with Gasteiger partial charge in [-0.1, -0.05) is 6.92 Å². The second-order valence-electron chi connectivity index (χ2n) is 4.88. The van der Waals surface area contributed by atoms with E-state index in [9.17, 15) is 0 Å². The fourth-order valence-corrected chi connectivity index (χ4v) is 2.54. The van der Waals surface area contributed by atoms with E-state index in [4.69, 9.17) is 4.74 Å². The summed E-state index contributed by atoms with van der Waals surface area (Å²) in [4.78, 5) is 2.15. The number of rotatable bonds is 8. The van der Waals surface area contributed by atoms with Crippen molar-refractivity contribution in [1.29, 1.82) is 0 Å². The molecule has 110 valence electrons. The topological polar surface area (TPSA) is 42.3 Å². The summed E-state index contributed by atoms with van der Waals surface area (Å²) in [6.45, 7) is 6.89. The fraction of sp³-hybridized carbons (Fsp3) is 0.769. The molecule has 0 aliphatic carbocycles. The summed E-state index contributed by atoms with van der Waals surface area (Å²) in [5, 5.41) is 7.93. The van der Waals surface area contributed by atoms with Crippen LogP contribution in [-0.2, 0) is 11.3 Å². The molecule has 0 saturated heterocycles. The summed E-state index contributed by atoms with van der Waals surface area (Å²) in [5.74, 6) is 0. The van der Waals surface area contributed by atoms with E-state index >= 15 is 0 Å². The Bertz CT molecular complexity index is 381. The average Bonchev–Trinajstić information content (AvgIpc) is 2.74. The van der Waals surface area contributed by atoms with Crippen LogP contribution in [0, 0.1) is 0 Å². The SMILES string of the molecule is CCNC(c1c(Br)cnn1CCN(C)C)C(C)OC. The summed E-state index contributed by atoms with van der Waals surface area (Å²) in [6, 6.07) is 0.133. The molecule has 0 bridgehead atoms. The van der Waals surface area contributed by atoms with Crippen molar-refractivity contribution in [3.63, 3.8) is 0 Å². The van der Waals surface area contributed by atoms with E-state index < -0.39 is 0 Å². The van der Waals surface area contributed by atoms with Crippen molar-refractivity contribution in [1.82, 2.24) is 20.0 Å². The lowest BCUT2D eigenvalue weighted by Crippen LogP contribution is -2.34. The van der Waals surface area contributed by atoms with Crippen LogP contribution in [0.3, 0.4) is 0 Å². The summed E-state index contributed by atoms with van der Waals surface area (Å²) < 4.78 is 8.57. The lowest BCUT2D eigenvalue weighted by molar-refractivity contribution is 0.0801. The van der Waals surface area contributed by atoms with Crippen molar-refractivity contribution in [2.45, 2.75) is 32.5 Å². The number of hydrogen-bond acceptors (Lipinski definition) is 4. The molecule has 0 aliphatic rings. The monoisotopic (exact) mass is 332 g/mol. The van der Waals surface area contributed by atoms with E-state index in [-0.39, 0.29) is 12.1 Å². The summed E-state index contributed by atoms with van der Waals surface area (Å²) >= 11 is 3.60. The van der Waals surface area contributed by atoms with Gasteiger partial charge >= 0.3 is 0 Å². The molecule has 1 rings (SSSR count). The second kappa shape index (κ2) is 7.99. The molecule has 6 heteroatoms. The minimum atomic E-state index is 0.0889. The van der Waals surface area contributed by atoms with Gasteiger partial charge in [0, 0.05) is 13.7 Å². The smallest absolute Gasteiger partial charge is 0.0766 e. The summed E-state index contributed by atoms with van der Waals surface area (Å²) in [5.41, 5.74) is 1.15. The van der Waals surface area contributed by atoms with Gasteiger partial charge in [0.15, 0.2) is 0 Å². The Hall–Kier alpha value is -0.430. The highest BCUT2D eigenvalue weighted by Crippen LogP contribution is 2.26. The number of halogens is 1. The van der Waals surface area contributed by atoms with Gasteiger partial charge in [0.1, 0.15) is 0 Å². The van der Waals surface area contributed by atoms with Crippen molar-refractivity contribution in [2.24, 2.45) is 0 Å². The van der Waals surface area contributed by atoms with E-state index in [2.05, 4.69) is 59.2 Å². The molecule has 1 heterocycles. The third-order valence-electron chi connectivity index (χ3n) is 3.15. The Labute approximate surface area is 124 Å². The lowest BCUT2D eigenvalue weighted by atomic mass is 10.1. The Morgan fingerprint density at radius 1 is 1.53 bits per heavy atom. The van der Waals surface area contributed by atoms with Crippen molar-refractivity contribution >= 4 is 15.9 Å². The Morgan fingerprint density at radius 2 is 2.21 bits per heavy atom. The van der Waals surface area contributed by atoms with Crippen LogP contribution in [0.5, 0.6) is 0 Å². The van der Waals surface area contributed by atoms with Gasteiger partial charge in [-0.3, -0.25) is 4.68 Å².